The number of carboxylic acid groups (broad SMARTS) is 1. The van der Waals surface area contributed by atoms with E-state index in [0.29, 0.717) is 5.76 Å². The Morgan fingerprint density at radius 2 is 2.46 bits per heavy atom. The van der Waals surface area contributed by atoms with Crippen molar-refractivity contribution in [2.45, 2.75) is 12.1 Å². The molecule has 0 saturated carbocycles. The molecule has 0 amide bonds. The van der Waals surface area contributed by atoms with E-state index in [0.717, 1.165) is 0 Å². The van der Waals surface area contributed by atoms with Crippen LogP contribution in [-0.4, -0.2) is 16.5 Å². The Bertz CT molecular complexity index is 291. The summed E-state index contributed by atoms with van der Waals surface area (Å²) in [7, 11) is -2.78. The van der Waals surface area contributed by atoms with Crippen LogP contribution in [0.5, 0.6) is 0 Å². The first-order valence-electron chi connectivity index (χ1n) is 3.49. The van der Waals surface area contributed by atoms with Crippen LogP contribution in [0.2, 0.25) is 0 Å². The van der Waals surface area contributed by atoms with E-state index in [1.54, 1.807) is 6.07 Å². The fraction of sp³-hybridized carbons (Fsp3) is 0.286. The van der Waals surface area contributed by atoms with Crippen molar-refractivity contribution in [3.63, 3.8) is 0 Å². The van der Waals surface area contributed by atoms with Gasteiger partial charge in [-0.1, -0.05) is 0 Å². The van der Waals surface area contributed by atoms with Crippen molar-refractivity contribution in [3.05, 3.63) is 24.2 Å². The SMILES string of the molecule is O=C([O-])[C@@H](Cc1ccco1)[P+](=O)O. The molecule has 0 aliphatic carbocycles. The lowest BCUT2D eigenvalue weighted by molar-refractivity contribution is -0.305. The summed E-state index contributed by atoms with van der Waals surface area (Å²) in [6.45, 7) is 0. The van der Waals surface area contributed by atoms with E-state index in [2.05, 4.69) is 0 Å². The molecule has 1 unspecified atom stereocenters. The molecular formula is C7H7O5P. The molecule has 13 heavy (non-hydrogen) atoms. The topological polar surface area (TPSA) is 90.6 Å². The smallest absolute Gasteiger partial charge is 0.515 e. The summed E-state index contributed by atoms with van der Waals surface area (Å²) < 4.78 is 15.4. The molecule has 0 spiro atoms. The van der Waals surface area contributed by atoms with Crippen LogP contribution in [0.3, 0.4) is 0 Å². The Kier molecular flexibility index (Phi) is 3.17. The van der Waals surface area contributed by atoms with Crippen molar-refractivity contribution in [3.8, 4) is 0 Å². The quantitative estimate of drug-likeness (QED) is 0.675. The molecule has 1 aromatic heterocycles. The number of carboxylic acids is 1. The predicted octanol–water partition coefficient (Wildman–Crippen LogP) is -0.325. The van der Waals surface area contributed by atoms with Crippen molar-refractivity contribution in [1.29, 1.82) is 0 Å². The molecule has 0 bridgehead atoms. The van der Waals surface area contributed by atoms with Crippen molar-refractivity contribution < 1.29 is 23.8 Å². The van der Waals surface area contributed by atoms with Gasteiger partial charge in [0.1, 0.15) is 5.76 Å². The van der Waals surface area contributed by atoms with E-state index in [1.807, 2.05) is 0 Å². The van der Waals surface area contributed by atoms with Crippen LogP contribution in [0, 0.1) is 0 Å². The maximum atomic E-state index is 10.6. The molecule has 5 nitrogen and oxygen atoms in total. The molecule has 0 fully saturated rings. The molecule has 1 N–H and O–H groups in total. The lowest BCUT2D eigenvalue weighted by Gasteiger charge is -2.02. The Balaban J connectivity index is 2.69. The highest BCUT2D eigenvalue weighted by atomic mass is 31.1. The average Bonchev–Trinajstić information content (AvgIpc) is 2.50. The van der Waals surface area contributed by atoms with Crippen LogP contribution in [0.4, 0.5) is 0 Å². The van der Waals surface area contributed by atoms with Crippen molar-refractivity contribution >= 4 is 14.0 Å². The lowest BCUT2D eigenvalue weighted by atomic mass is 10.2. The first kappa shape index (κ1) is 9.89. The molecule has 0 aliphatic rings. The molecule has 6 heteroatoms. The third kappa shape index (κ3) is 2.65. The summed E-state index contributed by atoms with van der Waals surface area (Å²) in [5, 5.41) is 10.4. The number of hydrogen-bond acceptors (Lipinski definition) is 4. The van der Waals surface area contributed by atoms with Crippen LogP contribution >= 0.6 is 8.03 Å². The van der Waals surface area contributed by atoms with Crippen molar-refractivity contribution in [1.82, 2.24) is 0 Å². The van der Waals surface area contributed by atoms with E-state index in [4.69, 9.17) is 9.31 Å². The molecular weight excluding hydrogens is 195 g/mol. The normalized spacial score (nSPS) is 13.8. The van der Waals surface area contributed by atoms with Gasteiger partial charge in [0.15, 0.2) is 0 Å². The Morgan fingerprint density at radius 3 is 2.85 bits per heavy atom. The lowest BCUT2D eigenvalue weighted by Crippen LogP contribution is -2.34. The largest absolute Gasteiger partial charge is 0.545 e. The minimum Gasteiger partial charge on any atom is -0.545 e. The molecule has 0 radical (unpaired) electrons. The van der Waals surface area contributed by atoms with Gasteiger partial charge in [0.2, 0.25) is 5.66 Å². The second kappa shape index (κ2) is 4.16. The van der Waals surface area contributed by atoms with Gasteiger partial charge < -0.3 is 14.3 Å². The molecule has 0 aromatic carbocycles. The molecule has 1 heterocycles. The van der Waals surface area contributed by atoms with Gasteiger partial charge in [-0.05, 0) is 16.7 Å². The number of aliphatic carboxylic acids is 1. The van der Waals surface area contributed by atoms with Crippen LogP contribution in [-0.2, 0) is 15.8 Å². The van der Waals surface area contributed by atoms with Gasteiger partial charge in [-0.25, -0.2) is 0 Å². The second-order valence-corrected chi connectivity index (χ2v) is 3.65. The van der Waals surface area contributed by atoms with Gasteiger partial charge in [0, 0.05) is 0 Å². The molecule has 70 valence electrons. The predicted molar refractivity (Wildman–Crippen MR) is 41.0 cm³/mol. The number of carbonyl (C=O) groups is 1. The molecule has 1 aromatic rings. The van der Waals surface area contributed by atoms with Gasteiger partial charge >= 0.3 is 8.03 Å². The second-order valence-electron chi connectivity index (χ2n) is 2.42. The highest BCUT2D eigenvalue weighted by molar-refractivity contribution is 7.40. The summed E-state index contributed by atoms with van der Waals surface area (Å²) in [4.78, 5) is 19.0. The summed E-state index contributed by atoms with van der Waals surface area (Å²) in [5.41, 5.74) is -1.40. The van der Waals surface area contributed by atoms with Gasteiger partial charge in [-0.2, -0.15) is 4.89 Å². The van der Waals surface area contributed by atoms with Gasteiger partial charge in [-0.3, -0.25) is 0 Å². The fourth-order valence-electron chi connectivity index (χ4n) is 0.871. The van der Waals surface area contributed by atoms with E-state index < -0.39 is 19.7 Å². The minimum absolute atomic E-state index is 0.124. The van der Waals surface area contributed by atoms with Gasteiger partial charge in [0.25, 0.3) is 0 Å². The first-order valence-corrected chi connectivity index (χ1v) is 4.78. The van der Waals surface area contributed by atoms with Gasteiger partial charge in [-0.15, -0.1) is 0 Å². The highest BCUT2D eigenvalue weighted by Crippen LogP contribution is 2.25. The maximum Gasteiger partial charge on any atom is 0.515 e. The van der Waals surface area contributed by atoms with Crippen LogP contribution in [0.25, 0.3) is 0 Å². The standard InChI is InChI=1S/C7H7O5P/c8-7(9)6(13(10)11)4-5-2-1-3-12-5/h1-3,6H,4H2,(H-,8,9,10,11)/t6-/m1/s1. The number of carbonyl (C=O) groups excluding carboxylic acids is 1. The summed E-state index contributed by atoms with van der Waals surface area (Å²) in [6, 6.07) is 3.11. The van der Waals surface area contributed by atoms with Gasteiger partial charge in [0.05, 0.1) is 18.7 Å². The molecule has 2 atom stereocenters. The van der Waals surface area contributed by atoms with Crippen molar-refractivity contribution in [2.24, 2.45) is 0 Å². The van der Waals surface area contributed by atoms with Crippen LogP contribution < -0.4 is 5.11 Å². The van der Waals surface area contributed by atoms with Crippen molar-refractivity contribution in [2.75, 3.05) is 0 Å². The Labute approximate surface area is 74.9 Å². The first-order chi connectivity index (χ1) is 6.11. The summed E-state index contributed by atoms with van der Waals surface area (Å²) >= 11 is 0. The van der Waals surface area contributed by atoms with E-state index in [-0.39, 0.29) is 6.42 Å². The van der Waals surface area contributed by atoms with E-state index in [1.165, 1.54) is 12.3 Å². The minimum atomic E-state index is -2.78. The fourth-order valence-corrected chi connectivity index (χ4v) is 1.39. The maximum absolute atomic E-state index is 10.6. The van der Waals surface area contributed by atoms with E-state index in [9.17, 15) is 14.5 Å². The molecule has 1 rings (SSSR count). The van der Waals surface area contributed by atoms with E-state index >= 15 is 0 Å². The zero-order valence-electron chi connectivity index (χ0n) is 6.54. The number of hydrogen-bond donors (Lipinski definition) is 1. The van der Waals surface area contributed by atoms with Crippen LogP contribution in [0.15, 0.2) is 22.8 Å². The average molecular weight is 202 g/mol. The molecule has 0 aliphatic heterocycles. The zero-order chi connectivity index (χ0) is 9.84. The number of furan rings is 1. The zero-order valence-corrected chi connectivity index (χ0v) is 7.44. The molecule has 0 saturated heterocycles. The Hall–Kier alpha value is -1.19. The highest BCUT2D eigenvalue weighted by Gasteiger charge is 2.31. The summed E-state index contributed by atoms with van der Waals surface area (Å²) in [6.07, 6.45) is 1.24. The third-order valence-electron chi connectivity index (χ3n) is 1.51. The number of rotatable bonds is 4. The Morgan fingerprint density at radius 1 is 1.77 bits per heavy atom. The summed E-state index contributed by atoms with van der Waals surface area (Å²) in [5.74, 6) is -1.19. The monoisotopic (exact) mass is 202 g/mol. The van der Waals surface area contributed by atoms with Crippen LogP contribution in [0.1, 0.15) is 5.76 Å². The third-order valence-corrected chi connectivity index (χ3v) is 2.44.